The molecule has 2 fully saturated rings. The first-order valence-corrected chi connectivity index (χ1v) is 7.89. The SMILES string of the molecule is CCCN(CC1CCNCC1)C1CC(OCC)C1. The fourth-order valence-corrected chi connectivity index (χ4v) is 3.31. The van der Waals surface area contributed by atoms with E-state index in [-0.39, 0.29) is 0 Å². The third kappa shape index (κ3) is 3.94. The standard InChI is InChI=1S/C15H30N2O/c1-3-9-17(12-13-5-7-16-8-6-13)14-10-15(11-14)18-4-2/h13-16H,3-12H2,1-2H3. The van der Waals surface area contributed by atoms with Crippen molar-refractivity contribution in [2.75, 3.05) is 32.8 Å². The Bertz CT molecular complexity index is 223. The Balaban J connectivity index is 1.73. The van der Waals surface area contributed by atoms with Gasteiger partial charge in [0.2, 0.25) is 0 Å². The number of nitrogens with one attached hydrogen (secondary N) is 1. The van der Waals surface area contributed by atoms with Crippen molar-refractivity contribution in [2.24, 2.45) is 5.92 Å². The van der Waals surface area contributed by atoms with Gasteiger partial charge in [-0.25, -0.2) is 0 Å². The maximum atomic E-state index is 5.69. The van der Waals surface area contributed by atoms with Gasteiger partial charge in [0.25, 0.3) is 0 Å². The molecule has 0 bridgehead atoms. The summed E-state index contributed by atoms with van der Waals surface area (Å²) in [6.07, 6.45) is 7.08. The Morgan fingerprint density at radius 1 is 1.17 bits per heavy atom. The van der Waals surface area contributed by atoms with E-state index in [1.54, 1.807) is 0 Å². The van der Waals surface area contributed by atoms with Crippen LogP contribution in [0.5, 0.6) is 0 Å². The fraction of sp³-hybridized carbons (Fsp3) is 1.00. The minimum Gasteiger partial charge on any atom is -0.378 e. The Kier molecular flexibility index (Phi) is 5.93. The first kappa shape index (κ1) is 14.3. The van der Waals surface area contributed by atoms with Gasteiger partial charge in [-0.1, -0.05) is 6.92 Å². The van der Waals surface area contributed by atoms with Gasteiger partial charge in [0.05, 0.1) is 6.10 Å². The van der Waals surface area contributed by atoms with Gasteiger partial charge < -0.3 is 10.1 Å². The van der Waals surface area contributed by atoms with Crippen molar-refractivity contribution in [3.63, 3.8) is 0 Å². The lowest BCUT2D eigenvalue weighted by Gasteiger charge is -2.44. The van der Waals surface area contributed by atoms with Gasteiger partial charge in [0, 0.05) is 19.2 Å². The fourth-order valence-electron chi connectivity index (χ4n) is 3.31. The highest BCUT2D eigenvalue weighted by atomic mass is 16.5. The first-order chi connectivity index (χ1) is 8.83. The molecule has 3 heteroatoms. The van der Waals surface area contributed by atoms with Crippen molar-refractivity contribution in [3.8, 4) is 0 Å². The molecule has 0 unspecified atom stereocenters. The normalized spacial score (nSPS) is 29.5. The molecule has 0 amide bonds. The highest BCUT2D eigenvalue weighted by molar-refractivity contribution is 4.89. The molecule has 0 atom stereocenters. The number of nitrogens with zero attached hydrogens (tertiary/aromatic N) is 1. The van der Waals surface area contributed by atoms with Crippen LogP contribution in [-0.2, 0) is 4.74 Å². The van der Waals surface area contributed by atoms with Gasteiger partial charge in [-0.2, -0.15) is 0 Å². The summed E-state index contributed by atoms with van der Waals surface area (Å²) in [5.74, 6) is 0.920. The molecule has 2 rings (SSSR count). The zero-order valence-electron chi connectivity index (χ0n) is 12.2. The average Bonchev–Trinajstić information content (AvgIpc) is 2.34. The molecule has 1 aliphatic carbocycles. The molecule has 0 aromatic rings. The van der Waals surface area contributed by atoms with E-state index in [2.05, 4.69) is 24.1 Å². The lowest BCUT2D eigenvalue weighted by molar-refractivity contribution is -0.0505. The van der Waals surface area contributed by atoms with Crippen molar-refractivity contribution in [1.82, 2.24) is 10.2 Å². The van der Waals surface area contributed by atoms with E-state index in [1.165, 1.54) is 58.3 Å². The Morgan fingerprint density at radius 3 is 2.50 bits per heavy atom. The predicted octanol–water partition coefficient (Wildman–Crippen LogP) is 2.27. The van der Waals surface area contributed by atoms with Crippen LogP contribution in [0.3, 0.4) is 0 Å². The molecule has 1 heterocycles. The summed E-state index contributed by atoms with van der Waals surface area (Å²) in [5.41, 5.74) is 0. The van der Waals surface area contributed by atoms with Crippen LogP contribution in [0.2, 0.25) is 0 Å². The Labute approximate surface area is 112 Å². The van der Waals surface area contributed by atoms with Crippen LogP contribution in [0.4, 0.5) is 0 Å². The van der Waals surface area contributed by atoms with Crippen LogP contribution >= 0.6 is 0 Å². The molecule has 0 aromatic carbocycles. The molecule has 1 saturated heterocycles. The summed E-state index contributed by atoms with van der Waals surface area (Å²) in [6.45, 7) is 10.3. The molecule has 0 spiro atoms. The lowest BCUT2D eigenvalue weighted by Crippen LogP contribution is -2.50. The zero-order chi connectivity index (χ0) is 12.8. The number of hydrogen-bond acceptors (Lipinski definition) is 3. The molecular weight excluding hydrogens is 224 g/mol. The molecular formula is C15H30N2O. The third-order valence-corrected chi connectivity index (χ3v) is 4.45. The molecule has 106 valence electrons. The minimum atomic E-state index is 0.548. The summed E-state index contributed by atoms with van der Waals surface area (Å²) >= 11 is 0. The maximum Gasteiger partial charge on any atom is 0.0604 e. The van der Waals surface area contributed by atoms with Crippen molar-refractivity contribution >= 4 is 0 Å². The van der Waals surface area contributed by atoms with Gasteiger partial charge in [0.15, 0.2) is 0 Å². The van der Waals surface area contributed by atoms with Gasteiger partial charge in [0.1, 0.15) is 0 Å². The van der Waals surface area contributed by atoms with E-state index in [0.29, 0.717) is 6.10 Å². The maximum absolute atomic E-state index is 5.69. The van der Waals surface area contributed by atoms with Crippen molar-refractivity contribution < 1.29 is 4.74 Å². The van der Waals surface area contributed by atoms with Gasteiger partial charge in [-0.15, -0.1) is 0 Å². The predicted molar refractivity (Wildman–Crippen MR) is 75.9 cm³/mol. The van der Waals surface area contributed by atoms with Crippen LogP contribution < -0.4 is 5.32 Å². The van der Waals surface area contributed by atoms with E-state index >= 15 is 0 Å². The Hall–Kier alpha value is -0.120. The van der Waals surface area contributed by atoms with E-state index < -0.39 is 0 Å². The molecule has 1 saturated carbocycles. The number of ether oxygens (including phenoxy) is 1. The number of piperidine rings is 1. The molecule has 0 aromatic heterocycles. The molecule has 1 aliphatic heterocycles. The van der Waals surface area contributed by atoms with E-state index in [0.717, 1.165) is 18.6 Å². The highest BCUT2D eigenvalue weighted by Gasteiger charge is 2.34. The largest absolute Gasteiger partial charge is 0.378 e. The molecule has 0 radical (unpaired) electrons. The second kappa shape index (κ2) is 7.46. The van der Waals surface area contributed by atoms with E-state index in [1.807, 2.05) is 0 Å². The van der Waals surface area contributed by atoms with Crippen molar-refractivity contribution in [2.45, 2.75) is 58.1 Å². The minimum absolute atomic E-state index is 0.548. The van der Waals surface area contributed by atoms with Gasteiger partial charge in [-0.3, -0.25) is 4.90 Å². The highest BCUT2D eigenvalue weighted by Crippen LogP contribution is 2.30. The number of hydrogen-bond donors (Lipinski definition) is 1. The monoisotopic (exact) mass is 254 g/mol. The average molecular weight is 254 g/mol. The molecule has 18 heavy (non-hydrogen) atoms. The number of rotatable bonds is 7. The van der Waals surface area contributed by atoms with E-state index in [4.69, 9.17) is 4.74 Å². The van der Waals surface area contributed by atoms with Crippen LogP contribution in [0.1, 0.15) is 46.0 Å². The molecule has 2 aliphatic rings. The quantitative estimate of drug-likeness (QED) is 0.754. The first-order valence-electron chi connectivity index (χ1n) is 7.89. The third-order valence-electron chi connectivity index (χ3n) is 4.45. The summed E-state index contributed by atoms with van der Waals surface area (Å²) in [5, 5.41) is 3.46. The van der Waals surface area contributed by atoms with Gasteiger partial charge in [-0.05, 0) is 64.6 Å². The smallest absolute Gasteiger partial charge is 0.0604 e. The second-order valence-corrected chi connectivity index (χ2v) is 5.89. The van der Waals surface area contributed by atoms with Gasteiger partial charge >= 0.3 is 0 Å². The summed E-state index contributed by atoms with van der Waals surface area (Å²) in [4.78, 5) is 2.74. The van der Waals surface area contributed by atoms with Crippen LogP contribution in [0.25, 0.3) is 0 Å². The lowest BCUT2D eigenvalue weighted by atomic mass is 9.86. The molecule has 3 nitrogen and oxygen atoms in total. The summed E-state index contributed by atoms with van der Waals surface area (Å²) in [7, 11) is 0. The summed E-state index contributed by atoms with van der Waals surface area (Å²) < 4.78 is 5.69. The molecule has 1 N–H and O–H groups in total. The Morgan fingerprint density at radius 2 is 1.89 bits per heavy atom. The van der Waals surface area contributed by atoms with Crippen LogP contribution in [0, 0.1) is 5.92 Å². The summed E-state index contributed by atoms with van der Waals surface area (Å²) in [6, 6.07) is 0.802. The second-order valence-electron chi connectivity index (χ2n) is 5.89. The van der Waals surface area contributed by atoms with E-state index in [9.17, 15) is 0 Å². The van der Waals surface area contributed by atoms with Crippen molar-refractivity contribution in [1.29, 1.82) is 0 Å². The zero-order valence-corrected chi connectivity index (χ0v) is 12.2. The van der Waals surface area contributed by atoms with Crippen molar-refractivity contribution in [3.05, 3.63) is 0 Å². The van der Waals surface area contributed by atoms with Crippen LogP contribution in [-0.4, -0.2) is 49.8 Å². The topological polar surface area (TPSA) is 24.5 Å². The van der Waals surface area contributed by atoms with Crippen LogP contribution in [0.15, 0.2) is 0 Å².